The fraction of sp³-hybridized carbons (Fsp3) is 0.294. The van der Waals surface area contributed by atoms with Crippen LogP contribution in [0.3, 0.4) is 0 Å². The number of benzene rings is 1. The van der Waals surface area contributed by atoms with E-state index in [4.69, 9.17) is 0 Å². The van der Waals surface area contributed by atoms with Crippen molar-refractivity contribution in [3.05, 3.63) is 41.3 Å². The number of hydrogen-bond acceptors (Lipinski definition) is 5. The number of sulfonamides is 1. The number of nitrogens with one attached hydrogen (secondary N) is 2. The van der Waals surface area contributed by atoms with Crippen molar-refractivity contribution in [2.75, 3.05) is 18.1 Å². The van der Waals surface area contributed by atoms with Gasteiger partial charge >= 0.3 is 0 Å². The van der Waals surface area contributed by atoms with Gasteiger partial charge in [0.2, 0.25) is 15.9 Å². The normalized spacial score (nSPS) is 22.6. The summed E-state index contributed by atoms with van der Waals surface area (Å²) in [6.07, 6.45) is 1.33. The SMILES string of the molecule is CS(=O)(=O)N[C@H]1C[C@H]2C(=O)Nc3ccc(-c4cccs4)cc3C(=O)N2C1. The largest absolute Gasteiger partial charge is 0.325 e. The molecule has 0 spiro atoms. The maximum absolute atomic E-state index is 13.1. The van der Waals surface area contributed by atoms with Crippen molar-refractivity contribution >= 4 is 38.9 Å². The number of carbonyl (C=O) groups is 2. The second-order valence-electron chi connectivity index (χ2n) is 6.52. The van der Waals surface area contributed by atoms with E-state index in [1.807, 2.05) is 23.6 Å². The van der Waals surface area contributed by atoms with Crippen LogP contribution in [0.2, 0.25) is 0 Å². The molecular formula is C17H17N3O4S2. The number of hydrogen-bond donors (Lipinski definition) is 2. The van der Waals surface area contributed by atoms with Crippen molar-refractivity contribution in [3.63, 3.8) is 0 Å². The Bertz CT molecular complexity index is 985. The number of carbonyl (C=O) groups excluding carboxylic acids is 2. The Hall–Kier alpha value is -2.23. The first-order valence-corrected chi connectivity index (χ1v) is 10.9. The van der Waals surface area contributed by atoms with Crippen molar-refractivity contribution < 1.29 is 18.0 Å². The lowest BCUT2D eigenvalue weighted by Crippen LogP contribution is -2.41. The van der Waals surface area contributed by atoms with Gasteiger partial charge in [0, 0.05) is 17.5 Å². The molecule has 1 aromatic carbocycles. The summed E-state index contributed by atoms with van der Waals surface area (Å²) in [7, 11) is -3.41. The first-order chi connectivity index (χ1) is 12.3. The topological polar surface area (TPSA) is 95.6 Å². The van der Waals surface area contributed by atoms with Crippen LogP contribution in [0.4, 0.5) is 5.69 Å². The Morgan fingerprint density at radius 2 is 2.08 bits per heavy atom. The molecule has 1 saturated heterocycles. The summed E-state index contributed by atoms with van der Waals surface area (Å²) in [4.78, 5) is 28.1. The van der Waals surface area contributed by atoms with Crippen LogP contribution < -0.4 is 10.0 Å². The minimum Gasteiger partial charge on any atom is -0.325 e. The van der Waals surface area contributed by atoms with E-state index in [-0.39, 0.29) is 24.8 Å². The van der Waals surface area contributed by atoms with E-state index in [1.54, 1.807) is 23.5 Å². The molecule has 2 aliphatic rings. The molecule has 4 rings (SSSR count). The minimum atomic E-state index is -3.41. The van der Waals surface area contributed by atoms with E-state index in [0.717, 1.165) is 16.7 Å². The van der Waals surface area contributed by atoms with E-state index < -0.39 is 22.1 Å². The average Bonchev–Trinajstić information content (AvgIpc) is 3.21. The third kappa shape index (κ3) is 3.13. The molecule has 26 heavy (non-hydrogen) atoms. The van der Waals surface area contributed by atoms with Crippen molar-refractivity contribution in [1.82, 2.24) is 9.62 Å². The molecule has 3 heterocycles. The minimum absolute atomic E-state index is 0.173. The summed E-state index contributed by atoms with van der Waals surface area (Å²) >= 11 is 1.57. The number of anilines is 1. The fourth-order valence-corrected chi connectivity index (χ4v) is 4.99. The third-order valence-corrected chi connectivity index (χ3v) is 6.24. The Kier molecular flexibility index (Phi) is 4.09. The molecule has 2 amide bonds. The lowest BCUT2D eigenvalue weighted by atomic mass is 10.1. The summed E-state index contributed by atoms with van der Waals surface area (Å²) in [5.41, 5.74) is 1.82. The summed E-state index contributed by atoms with van der Waals surface area (Å²) in [5, 5.41) is 4.77. The van der Waals surface area contributed by atoms with Crippen molar-refractivity contribution in [1.29, 1.82) is 0 Å². The number of fused-ring (bicyclic) bond motifs is 2. The van der Waals surface area contributed by atoms with Gasteiger partial charge in [0.15, 0.2) is 0 Å². The molecule has 0 aliphatic carbocycles. The van der Waals surface area contributed by atoms with Gasteiger partial charge in [-0.2, -0.15) is 0 Å². The van der Waals surface area contributed by atoms with Crippen molar-refractivity contribution in [2.24, 2.45) is 0 Å². The first-order valence-electron chi connectivity index (χ1n) is 8.09. The molecule has 7 nitrogen and oxygen atoms in total. The van der Waals surface area contributed by atoms with E-state index in [9.17, 15) is 18.0 Å². The molecule has 9 heteroatoms. The van der Waals surface area contributed by atoms with Gasteiger partial charge < -0.3 is 10.2 Å². The molecule has 1 fully saturated rings. The molecule has 2 aromatic rings. The maximum atomic E-state index is 13.1. The van der Waals surface area contributed by atoms with Gasteiger partial charge in [0.05, 0.1) is 17.5 Å². The Labute approximate surface area is 155 Å². The zero-order chi connectivity index (χ0) is 18.5. The van der Waals surface area contributed by atoms with E-state index in [1.165, 1.54) is 4.90 Å². The highest BCUT2D eigenvalue weighted by Crippen LogP contribution is 2.33. The highest BCUT2D eigenvalue weighted by atomic mass is 32.2. The molecule has 0 bridgehead atoms. The quantitative estimate of drug-likeness (QED) is 0.829. The summed E-state index contributed by atoms with van der Waals surface area (Å²) < 4.78 is 25.5. The summed E-state index contributed by atoms with van der Waals surface area (Å²) in [6, 6.07) is 8.16. The molecule has 0 saturated carbocycles. The monoisotopic (exact) mass is 391 g/mol. The molecule has 2 aliphatic heterocycles. The van der Waals surface area contributed by atoms with Crippen LogP contribution >= 0.6 is 11.3 Å². The highest BCUT2D eigenvalue weighted by molar-refractivity contribution is 7.88. The number of amides is 2. The predicted octanol–water partition coefficient (Wildman–Crippen LogP) is 1.50. The number of rotatable bonds is 3. The van der Waals surface area contributed by atoms with Crippen LogP contribution in [-0.4, -0.2) is 50.0 Å². The number of thiophene rings is 1. The zero-order valence-electron chi connectivity index (χ0n) is 13.9. The van der Waals surface area contributed by atoms with Crippen LogP contribution in [0, 0.1) is 0 Å². The van der Waals surface area contributed by atoms with Crippen molar-refractivity contribution in [3.8, 4) is 10.4 Å². The Morgan fingerprint density at radius 3 is 2.77 bits per heavy atom. The molecule has 2 N–H and O–H groups in total. The van der Waals surface area contributed by atoms with Crippen LogP contribution in [0.15, 0.2) is 35.7 Å². The predicted molar refractivity (Wildman–Crippen MR) is 99.6 cm³/mol. The lowest BCUT2D eigenvalue weighted by molar-refractivity contribution is -0.119. The van der Waals surface area contributed by atoms with Gasteiger partial charge in [-0.3, -0.25) is 9.59 Å². The second-order valence-corrected chi connectivity index (χ2v) is 9.25. The zero-order valence-corrected chi connectivity index (χ0v) is 15.6. The van der Waals surface area contributed by atoms with E-state index in [2.05, 4.69) is 10.0 Å². The molecule has 0 radical (unpaired) electrons. The van der Waals surface area contributed by atoms with Crippen LogP contribution in [-0.2, 0) is 14.8 Å². The summed E-state index contributed by atoms with van der Waals surface area (Å²) in [5.74, 6) is -0.557. The van der Waals surface area contributed by atoms with Gasteiger partial charge in [-0.1, -0.05) is 12.1 Å². The maximum Gasteiger partial charge on any atom is 0.256 e. The van der Waals surface area contributed by atoms with E-state index >= 15 is 0 Å². The molecular weight excluding hydrogens is 374 g/mol. The van der Waals surface area contributed by atoms with Crippen LogP contribution in [0.1, 0.15) is 16.8 Å². The standard InChI is InChI=1S/C17H17N3O4S2/c1-26(23,24)19-11-8-14-16(21)18-13-5-4-10(15-3-2-6-25-15)7-12(13)17(22)20(14)9-11/h2-7,11,14,19H,8-9H2,1H3,(H,18,21)/t11-,14-/m0/s1. The second kappa shape index (κ2) is 6.19. The average molecular weight is 391 g/mol. The van der Waals surface area contributed by atoms with Crippen molar-refractivity contribution in [2.45, 2.75) is 18.5 Å². The third-order valence-electron chi connectivity index (χ3n) is 4.56. The molecule has 0 unspecified atom stereocenters. The van der Waals surface area contributed by atoms with Gasteiger partial charge in [0.25, 0.3) is 5.91 Å². The molecule has 2 atom stereocenters. The van der Waals surface area contributed by atoms with Gasteiger partial charge in [-0.15, -0.1) is 11.3 Å². The smallest absolute Gasteiger partial charge is 0.256 e. The Balaban J connectivity index is 1.69. The molecule has 136 valence electrons. The Morgan fingerprint density at radius 1 is 1.27 bits per heavy atom. The van der Waals surface area contributed by atoms with Crippen LogP contribution in [0.25, 0.3) is 10.4 Å². The van der Waals surface area contributed by atoms with Gasteiger partial charge in [-0.25, -0.2) is 13.1 Å². The van der Waals surface area contributed by atoms with Gasteiger partial charge in [-0.05, 0) is 35.6 Å². The van der Waals surface area contributed by atoms with E-state index in [0.29, 0.717) is 11.3 Å². The molecule has 1 aromatic heterocycles. The first kappa shape index (κ1) is 17.2. The van der Waals surface area contributed by atoms with Gasteiger partial charge in [0.1, 0.15) is 6.04 Å². The number of nitrogens with zero attached hydrogens (tertiary/aromatic N) is 1. The van der Waals surface area contributed by atoms with Crippen LogP contribution in [0.5, 0.6) is 0 Å². The lowest BCUT2D eigenvalue weighted by Gasteiger charge is -2.20. The fourth-order valence-electron chi connectivity index (χ4n) is 3.49. The summed E-state index contributed by atoms with van der Waals surface area (Å²) in [6.45, 7) is 0.173. The highest BCUT2D eigenvalue weighted by Gasteiger charge is 2.43.